The molecule has 2 aliphatic heterocycles. The molecule has 0 aliphatic carbocycles. The standard InChI is InChI=1S/C32H29ClN4O2S/c1-22-8-7-17-36(19-22)32-34-31(38)29(40-32)18-25-20-37(26-10-3-2-4-11-26)35-30(25)23-13-15-27(16-14-23)39-21-24-9-5-6-12-28(24)33/h2-6,9-16,18,20,22H,7-8,17,19,21H2,1H3/b29-18-/t22-/m1/s1. The van der Waals surface area contributed by atoms with Crippen molar-refractivity contribution < 1.29 is 9.53 Å². The van der Waals surface area contributed by atoms with Crippen LogP contribution in [0.15, 0.2) is 95.0 Å². The Morgan fingerprint density at radius 1 is 1.05 bits per heavy atom. The molecule has 0 bridgehead atoms. The minimum absolute atomic E-state index is 0.194. The van der Waals surface area contributed by atoms with Gasteiger partial charge in [-0.1, -0.05) is 54.9 Å². The number of nitrogens with zero attached hydrogens (tertiary/aromatic N) is 4. The van der Waals surface area contributed by atoms with Crippen molar-refractivity contribution in [1.82, 2.24) is 14.7 Å². The molecular formula is C32H29ClN4O2S. The van der Waals surface area contributed by atoms with Gasteiger partial charge >= 0.3 is 0 Å². The molecule has 1 fully saturated rings. The van der Waals surface area contributed by atoms with Crippen molar-refractivity contribution in [3.8, 4) is 22.7 Å². The second-order valence-corrected chi connectivity index (χ2v) is 11.5. The van der Waals surface area contributed by atoms with Gasteiger partial charge in [-0.2, -0.15) is 10.1 Å². The lowest BCUT2D eigenvalue weighted by atomic mass is 10.0. The van der Waals surface area contributed by atoms with Gasteiger partial charge in [0.1, 0.15) is 12.4 Å². The molecule has 1 saturated heterocycles. The van der Waals surface area contributed by atoms with Gasteiger partial charge in [-0.25, -0.2) is 4.68 Å². The number of ether oxygens (including phenoxy) is 1. The van der Waals surface area contributed by atoms with E-state index in [-0.39, 0.29) is 5.91 Å². The Balaban J connectivity index is 1.27. The fraction of sp³-hybridized carbons (Fsp3) is 0.219. The van der Waals surface area contributed by atoms with Gasteiger partial charge in [0.05, 0.1) is 16.3 Å². The zero-order valence-corrected chi connectivity index (χ0v) is 23.7. The normalized spacial score (nSPS) is 18.3. The number of rotatable bonds is 6. The minimum atomic E-state index is -0.194. The minimum Gasteiger partial charge on any atom is -0.489 e. The Morgan fingerprint density at radius 2 is 1.82 bits per heavy atom. The van der Waals surface area contributed by atoms with Crippen LogP contribution in [0, 0.1) is 5.92 Å². The molecule has 0 N–H and O–H groups in total. The second kappa shape index (κ2) is 11.7. The summed E-state index contributed by atoms with van der Waals surface area (Å²) in [5.41, 5.74) is 4.43. The van der Waals surface area contributed by atoms with Gasteiger partial charge in [-0.15, -0.1) is 0 Å². The molecule has 4 aromatic rings. The summed E-state index contributed by atoms with van der Waals surface area (Å²) in [5.74, 6) is 1.15. The highest BCUT2D eigenvalue weighted by Crippen LogP contribution is 2.35. The van der Waals surface area contributed by atoms with Crippen molar-refractivity contribution in [3.05, 3.63) is 106 Å². The van der Waals surface area contributed by atoms with Gasteiger partial charge in [0.25, 0.3) is 5.91 Å². The Hall–Kier alpha value is -3.81. The summed E-state index contributed by atoms with van der Waals surface area (Å²) in [6, 6.07) is 25.5. The average Bonchev–Trinajstić information content (AvgIpc) is 3.57. The van der Waals surface area contributed by atoms with Crippen LogP contribution in [0.5, 0.6) is 5.75 Å². The highest BCUT2D eigenvalue weighted by atomic mass is 35.5. The summed E-state index contributed by atoms with van der Waals surface area (Å²) < 4.78 is 7.83. The third-order valence-electron chi connectivity index (χ3n) is 7.07. The first-order valence-corrected chi connectivity index (χ1v) is 14.6. The molecule has 40 heavy (non-hydrogen) atoms. The zero-order chi connectivity index (χ0) is 27.5. The second-order valence-electron chi connectivity index (χ2n) is 10.1. The molecule has 3 heterocycles. The van der Waals surface area contributed by atoms with E-state index in [9.17, 15) is 4.79 Å². The first-order valence-electron chi connectivity index (χ1n) is 13.4. The summed E-state index contributed by atoms with van der Waals surface area (Å²) in [7, 11) is 0. The van der Waals surface area contributed by atoms with Crippen LogP contribution in [0.4, 0.5) is 0 Å². The Morgan fingerprint density at radius 3 is 2.60 bits per heavy atom. The van der Waals surface area contributed by atoms with Crippen LogP contribution in [-0.2, 0) is 11.4 Å². The van der Waals surface area contributed by atoms with Crippen LogP contribution in [0.2, 0.25) is 5.02 Å². The number of benzene rings is 3. The van der Waals surface area contributed by atoms with Gasteiger partial charge < -0.3 is 9.64 Å². The third kappa shape index (κ3) is 5.86. The SMILES string of the molecule is C[C@@H]1CCCN(C2=NC(=O)/C(=C/c3cn(-c4ccccc4)nc3-c3ccc(OCc4ccccc4Cl)cc3)S2)C1. The molecule has 1 aromatic heterocycles. The van der Waals surface area contributed by atoms with Gasteiger partial charge in [0.15, 0.2) is 5.17 Å². The Labute approximate surface area is 243 Å². The molecule has 0 spiro atoms. The predicted octanol–water partition coefficient (Wildman–Crippen LogP) is 7.47. The van der Waals surface area contributed by atoms with E-state index in [2.05, 4.69) is 16.8 Å². The highest BCUT2D eigenvalue weighted by molar-refractivity contribution is 8.18. The maximum Gasteiger partial charge on any atom is 0.286 e. The van der Waals surface area contributed by atoms with Crippen LogP contribution in [-0.4, -0.2) is 38.8 Å². The molecule has 6 rings (SSSR count). The number of likely N-dealkylation sites (tertiary alicyclic amines) is 1. The van der Waals surface area contributed by atoms with Crippen molar-refractivity contribution in [1.29, 1.82) is 0 Å². The average molecular weight is 569 g/mol. The lowest BCUT2D eigenvalue weighted by Crippen LogP contribution is -2.37. The molecule has 202 valence electrons. The Bertz CT molecular complexity index is 1580. The fourth-order valence-electron chi connectivity index (χ4n) is 4.95. The number of hydrogen-bond acceptors (Lipinski definition) is 5. The Kier molecular flexibility index (Phi) is 7.75. The zero-order valence-electron chi connectivity index (χ0n) is 22.2. The molecule has 1 atom stereocenters. The number of aromatic nitrogens is 2. The number of carbonyl (C=O) groups is 1. The molecule has 2 aliphatic rings. The van der Waals surface area contributed by atoms with E-state index < -0.39 is 0 Å². The number of para-hydroxylation sites is 1. The summed E-state index contributed by atoms with van der Waals surface area (Å²) in [5, 5.41) is 6.41. The summed E-state index contributed by atoms with van der Waals surface area (Å²) >= 11 is 7.73. The van der Waals surface area contributed by atoms with Gasteiger partial charge in [0, 0.05) is 41.0 Å². The summed E-state index contributed by atoms with van der Waals surface area (Å²) in [6.07, 6.45) is 6.23. The molecule has 3 aromatic carbocycles. The fourth-order valence-corrected chi connectivity index (χ4v) is 6.08. The molecule has 0 radical (unpaired) electrons. The highest BCUT2D eigenvalue weighted by Gasteiger charge is 2.29. The molecule has 8 heteroatoms. The quantitative estimate of drug-likeness (QED) is 0.226. The van der Waals surface area contributed by atoms with Crippen LogP contribution in [0.1, 0.15) is 30.9 Å². The van der Waals surface area contributed by atoms with Crippen molar-refractivity contribution in [2.75, 3.05) is 13.1 Å². The third-order valence-corrected chi connectivity index (χ3v) is 8.48. The van der Waals surface area contributed by atoms with E-state index in [1.807, 2.05) is 95.8 Å². The number of amidine groups is 1. The molecule has 6 nitrogen and oxygen atoms in total. The monoisotopic (exact) mass is 568 g/mol. The van der Waals surface area contributed by atoms with Crippen molar-refractivity contribution in [3.63, 3.8) is 0 Å². The number of halogens is 1. The maximum absolute atomic E-state index is 12.9. The van der Waals surface area contributed by atoms with E-state index in [4.69, 9.17) is 21.4 Å². The number of piperidine rings is 1. The van der Waals surface area contributed by atoms with Gasteiger partial charge in [-0.3, -0.25) is 4.79 Å². The van der Waals surface area contributed by atoms with Crippen LogP contribution in [0.25, 0.3) is 23.0 Å². The van der Waals surface area contributed by atoms with Crippen LogP contribution >= 0.6 is 23.4 Å². The lowest BCUT2D eigenvalue weighted by Gasteiger charge is -2.31. The lowest BCUT2D eigenvalue weighted by molar-refractivity contribution is -0.113. The molecular weight excluding hydrogens is 540 g/mol. The number of carbonyl (C=O) groups excluding carboxylic acids is 1. The first-order chi connectivity index (χ1) is 19.5. The van der Waals surface area contributed by atoms with Crippen molar-refractivity contribution in [2.24, 2.45) is 10.9 Å². The summed E-state index contributed by atoms with van der Waals surface area (Å²) in [6.45, 7) is 4.52. The predicted molar refractivity (Wildman–Crippen MR) is 163 cm³/mol. The molecule has 0 saturated carbocycles. The maximum atomic E-state index is 12.9. The van der Waals surface area contributed by atoms with E-state index in [0.717, 1.165) is 58.5 Å². The number of hydrogen-bond donors (Lipinski definition) is 0. The summed E-state index contributed by atoms with van der Waals surface area (Å²) in [4.78, 5) is 20.2. The van der Waals surface area contributed by atoms with E-state index in [0.29, 0.717) is 22.5 Å². The number of amides is 1. The topological polar surface area (TPSA) is 59.7 Å². The van der Waals surface area contributed by atoms with Crippen molar-refractivity contribution >= 4 is 40.5 Å². The molecule has 0 unspecified atom stereocenters. The van der Waals surface area contributed by atoms with E-state index >= 15 is 0 Å². The van der Waals surface area contributed by atoms with E-state index in [1.54, 1.807) is 0 Å². The van der Waals surface area contributed by atoms with Gasteiger partial charge in [-0.05, 0) is 79.1 Å². The van der Waals surface area contributed by atoms with Crippen LogP contribution in [0.3, 0.4) is 0 Å². The van der Waals surface area contributed by atoms with E-state index in [1.165, 1.54) is 18.2 Å². The van der Waals surface area contributed by atoms with Crippen molar-refractivity contribution in [2.45, 2.75) is 26.4 Å². The first kappa shape index (κ1) is 26.4. The number of thioether (sulfide) groups is 1. The largest absolute Gasteiger partial charge is 0.489 e. The van der Waals surface area contributed by atoms with Gasteiger partial charge in [0.2, 0.25) is 0 Å². The van der Waals surface area contributed by atoms with Crippen LogP contribution < -0.4 is 4.74 Å². The smallest absolute Gasteiger partial charge is 0.286 e. The number of aliphatic imine (C=N–C) groups is 1. The molecule has 1 amide bonds.